The van der Waals surface area contributed by atoms with Crippen molar-refractivity contribution in [3.05, 3.63) is 34.9 Å². The molecule has 0 bridgehead atoms. The molecule has 1 amide bonds. The van der Waals surface area contributed by atoms with E-state index in [1.165, 1.54) is 42.4 Å². The quantitative estimate of drug-likeness (QED) is 0.812. The van der Waals surface area contributed by atoms with Crippen LogP contribution in [0.3, 0.4) is 0 Å². The van der Waals surface area contributed by atoms with Gasteiger partial charge in [-0.05, 0) is 83.0 Å². The summed E-state index contributed by atoms with van der Waals surface area (Å²) in [7, 11) is 6.43. The highest BCUT2D eigenvalue weighted by molar-refractivity contribution is 5.76. The van der Waals surface area contributed by atoms with E-state index in [9.17, 15) is 4.79 Å². The molecule has 1 aromatic rings. The van der Waals surface area contributed by atoms with Gasteiger partial charge in [0.05, 0.1) is 0 Å². The molecule has 2 aliphatic carbocycles. The number of hydrogen-bond acceptors (Lipinski definition) is 2. The molecule has 3 nitrogen and oxygen atoms in total. The summed E-state index contributed by atoms with van der Waals surface area (Å²) in [6.45, 7) is 4.27. The van der Waals surface area contributed by atoms with Gasteiger partial charge in [0.25, 0.3) is 0 Å². The predicted octanol–water partition coefficient (Wildman–Crippen LogP) is 3.81. The maximum atomic E-state index is 12.7. The van der Waals surface area contributed by atoms with Crippen molar-refractivity contribution in [2.75, 3.05) is 21.1 Å². The topological polar surface area (TPSA) is 23.6 Å². The zero-order valence-electron chi connectivity index (χ0n) is 16.6. The smallest absolute Gasteiger partial charge is 0.222 e. The summed E-state index contributed by atoms with van der Waals surface area (Å²) >= 11 is 0. The van der Waals surface area contributed by atoms with Gasteiger partial charge in [-0.3, -0.25) is 4.79 Å². The van der Waals surface area contributed by atoms with Crippen LogP contribution in [-0.4, -0.2) is 48.9 Å². The van der Waals surface area contributed by atoms with Gasteiger partial charge in [0.15, 0.2) is 0 Å². The molecular weight excluding hydrogens is 308 g/mol. The number of carbonyl (C=O) groups excluding carboxylic acids is 1. The lowest BCUT2D eigenvalue weighted by Gasteiger charge is -2.27. The summed E-state index contributed by atoms with van der Waals surface area (Å²) in [5.41, 5.74) is 3.91. The summed E-state index contributed by atoms with van der Waals surface area (Å²) in [5.74, 6) is 1.97. The number of fused-ring (bicyclic) bond motifs is 1. The molecule has 3 rings (SSSR count). The zero-order valence-corrected chi connectivity index (χ0v) is 16.6. The Morgan fingerprint density at radius 3 is 2.16 bits per heavy atom. The molecule has 0 radical (unpaired) electrons. The number of carbonyl (C=O) groups is 1. The van der Waals surface area contributed by atoms with Gasteiger partial charge < -0.3 is 9.80 Å². The molecule has 2 fully saturated rings. The first-order valence-electron chi connectivity index (χ1n) is 9.83. The lowest BCUT2D eigenvalue weighted by molar-refractivity contribution is -0.131. The molecule has 0 spiro atoms. The highest BCUT2D eigenvalue weighted by Crippen LogP contribution is 2.46. The molecule has 4 atom stereocenters. The van der Waals surface area contributed by atoms with Crippen LogP contribution in [-0.2, 0) is 11.2 Å². The Labute approximate surface area is 153 Å². The summed E-state index contributed by atoms with van der Waals surface area (Å²) in [6, 6.07) is 7.75. The third-order valence-corrected chi connectivity index (χ3v) is 6.74. The summed E-state index contributed by atoms with van der Waals surface area (Å²) in [6.07, 6.45) is 6.54. The Balaban J connectivity index is 1.50. The summed E-state index contributed by atoms with van der Waals surface area (Å²) in [4.78, 5) is 17.1. The van der Waals surface area contributed by atoms with Crippen LogP contribution in [0.4, 0.5) is 0 Å². The molecule has 0 aromatic heterocycles. The summed E-state index contributed by atoms with van der Waals surface area (Å²) < 4.78 is 0. The maximum Gasteiger partial charge on any atom is 0.222 e. The van der Waals surface area contributed by atoms with Crippen molar-refractivity contribution >= 4 is 5.91 Å². The van der Waals surface area contributed by atoms with Gasteiger partial charge in [-0.25, -0.2) is 0 Å². The molecule has 25 heavy (non-hydrogen) atoms. The highest BCUT2D eigenvalue weighted by atomic mass is 16.2. The predicted molar refractivity (Wildman–Crippen MR) is 104 cm³/mol. The second-order valence-electron chi connectivity index (χ2n) is 8.67. The molecule has 0 N–H and O–H groups in total. The molecule has 2 saturated carbocycles. The van der Waals surface area contributed by atoms with Gasteiger partial charge in [-0.1, -0.05) is 23.8 Å². The van der Waals surface area contributed by atoms with Crippen molar-refractivity contribution in [3.63, 3.8) is 0 Å². The van der Waals surface area contributed by atoms with E-state index in [4.69, 9.17) is 0 Å². The van der Waals surface area contributed by atoms with Crippen molar-refractivity contribution in [2.45, 2.75) is 64.5 Å². The van der Waals surface area contributed by atoms with Crippen LogP contribution in [0, 0.1) is 25.7 Å². The van der Waals surface area contributed by atoms with Gasteiger partial charge in [0, 0.05) is 25.6 Å². The lowest BCUT2D eigenvalue weighted by atomic mass is 10.0. The normalized spacial score (nSPS) is 28.4. The Kier molecular flexibility index (Phi) is 5.52. The first-order valence-corrected chi connectivity index (χ1v) is 9.83. The Morgan fingerprint density at radius 2 is 1.60 bits per heavy atom. The van der Waals surface area contributed by atoms with Crippen LogP contribution >= 0.6 is 0 Å². The van der Waals surface area contributed by atoms with Gasteiger partial charge in [-0.2, -0.15) is 0 Å². The second-order valence-corrected chi connectivity index (χ2v) is 8.67. The average molecular weight is 343 g/mol. The molecule has 2 unspecified atom stereocenters. The molecular formula is C22H34N2O. The van der Waals surface area contributed by atoms with Crippen LogP contribution in [0.15, 0.2) is 18.2 Å². The zero-order chi connectivity index (χ0) is 18.1. The van der Waals surface area contributed by atoms with Crippen LogP contribution in [0.2, 0.25) is 0 Å². The highest BCUT2D eigenvalue weighted by Gasteiger charge is 2.43. The van der Waals surface area contributed by atoms with E-state index in [2.05, 4.69) is 55.9 Å². The third-order valence-electron chi connectivity index (χ3n) is 6.74. The largest absolute Gasteiger partial charge is 0.343 e. The minimum Gasteiger partial charge on any atom is -0.343 e. The fourth-order valence-corrected chi connectivity index (χ4v) is 5.04. The third kappa shape index (κ3) is 4.08. The van der Waals surface area contributed by atoms with E-state index in [0.29, 0.717) is 18.4 Å². The number of amides is 1. The SMILES string of the molecule is Cc1ccc(CCC(=O)N(C)C2C[C@H]3CC(N(C)C)C[C@H]3C2)c(C)c1. The maximum absolute atomic E-state index is 12.7. The molecule has 0 saturated heterocycles. The van der Waals surface area contributed by atoms with E-state index in [1.807, 2.05) is 7.05 Å². The fraction of sp³-hybridized carbons (Fsp3) is 0.682. The Hall–Kier alpha value is -1.35. The fourth-order valence-electron chi connectivity index (χ4n) is 5.04. The first kappa shape index (κ1) is 18.4. The number of aryl methyl sites for hydroxylation is 3. The standard InChI is InChI=1S/C22H34N2O/c1-15-6-7-17(16(2)10-15)8-9-22(25)24(5)21-13-18-11-20(23(3)4)12-19(18)14-21/h6-7,10,18-21H,8-9,11-14H2,1-5H3/t18-,19+,20?,21?. The first-order chi connectivity index (χ1) is 11.8. The van der Waals surface area contributed by atoms with E-state index < -0.39 is 0 Å². The van der Waals surface area contributed by atoms with Gasteiger partial charge >= 0.3 is 0 Å². The van der Waals surface area contributed by atoms with Gasteiger partial charge in [-0.15, -0.1) is 0 Å². The van der Waals surface area contributed by atoms with E-state index in [0.717, 1.165) is 24.3 Å². The van der Waals surface area contributed by atoms with Crippen LogP contribution < -0.4 is 0 Å². The molecule has 0 aliphatic heterocycles. The minimum absolute atomic E-state index is 0.314. The van der Waals surface area contributed by atoms with E-state index in [-0.39, 0.29) is 0 Å². The van der Waals surface area contributed by atoms with Crippen molar-refractivity contribution in [1.29, 1.82) is 0 Å². The van der Waals surface area contributed by atoms with Crippen LogP contribution in [0.1, 0.15) is 48.8 Å². The average Bonchev–Trinajstić information content (AvgIpc) is 3.11. The van der Waals surface area contributed by atoms with Gasteiger partial charge in [0.1, 0.15) is 0 Å². The Morgan fingerprint density at radius 1 is 1.00 bits per heavy atom. The minimum atomic E-state index is 0.314. The molecule has 138 valence electrons. The lowest BCUT2D eigenvalue weighted by Crippen LogP contribution is -2.36. The molecule has 3 heteroatoms. The molecule has 1 aromatic carbocycles. The monoisotopic (exact) mass is 342 g/mol. The van der Waals surface area contributed by atoms with E-state index >= 15 is 0 Å². The number of nitrogens with zero attached hydrogens (tertiary/aromatic N) is 2. The van der Waals surface area contributed by atoms with Crippen molar-refractivity contribution < 1.29 is 4.79 Å². The van der Waals surface area contributed by atoms with E-state index in [1.54, 1.807) is 0 Å². The van der Waals surface area contributed by atoms with Crippen LogP contribution in [0.5, 0.6) is 0 Å². The summed E-state index contributed by atoms with van der Waals surface area (Å²) in [5, 5.41) is 0. The second kappa shape index (κ2) is 7.49. The van der Waals surface area contributed by atoms with Crippen LogP contribution in [0.25, 0.3) is 0 Å². The van der Waals surface area contributed by atoms with Crippen molar-refractivity contribution in [2.24, 2.45) is 11.8 Å². The number of benzene rings is 1. The van der Waals surface area contributed by atoms with Crippen molar-refractivity contribution in [1.82, 2.24) is 9.80 Å². The molecule has 2 aliphatic rings. The van der Waals surface area contributed by atoms with Crippen molar-refractivity contribution in [3.8, 4) is 0 Å². The molecule has 0 heterocycles. The number of rotatable bonds is 5. The van der Waals surface area contributed by atoms with Gasteiger partial charge in [0.2, 0.25) is 5.91 Å². The Bertz CT molecular complexity index is 610. The number of hydrogen-bond donors (Lipinski definition) is 0.